The van der Waals surface area contributed by atoms with Crippen LogP contribution in [0.2, 0.25) is 0 Å². The first-order valence-electron chi connectivity index (χ1n) is 4.85. The highest BCUT2D eigenvalue weighted by atomic mass is 32.2. The molecular weight excluding hydrogens is 262 g/mol. The summed E-state index contributed by atoms with van der Waals surface area (Å²) in [6.45, 7) is 1.57. The van der Waals surface area contributed by atoms with Crippen molar-refractivity contribution in [2.45, 2.75) is 6.92 Å². The summed E-state index contributed by atoms with van der Waals surface area (Å²) in [5.74, 6) is -1.46. The number of hydrogen-bond donors (Lipinski definition) is 1. The summed E-state index contributed by atoms with van der Waals surface area (Å²) < 4.78 is 0.567. The van der Waals surface area contributed by atoms with Crippen LogP contribution in [0.25, 0.3) is 0 Å². The first kappa shape index (κ1) is 14.1. The summed E-state index contributed by atoms with van der Waals surface area (Å²) in [4.78, 5) is 35.5. The van der Waals surface area contributed by atoms with E-state index in [0.717, 1.165) is 0 Å². The molecule has 0 radical (unpaired) electrons. The molecule has 1 fully saturated rings. The van der Waals surface area contributed by atoms with Crippen molar-refractivity contribution in [2.75, 3.05) is 19.1 Å². The highest BCUT2D eigenvalue weighted by Crippen LogP contribution is 2.32. The standard InChI is InChI=1S/C10H13NO4S2/c1-5-4-11(10(14)15)8(13)6(7(5)12)9(16-2)17-3/h5H,4H2,1-3H3,(H,14,15). The van der Waals surface area contributed by atoms with E-state index < -0.39 is 17.9 Å². The molecule has 0 aromatic carbocycles. The Bertz CT molecular complexity index is 399. The lowest BCUT2D eigenvalue weighted by Crippen LogP contribution is -2.48. The molecule has 0 aromatic heterocycles. The van der Waals surface area contributed by atoms with Crippen molar-refractivity contribution in [3.63, 3.8) is 0 Å². The molecule has 1 atom stereocenters. The Morgan fingerprint density at radius 1 is 1.35 bits per heavy atom. The lowest BCUT2D eigenvalue weighted by molar-refractivity contribution is -0.133. The van der Waals surface area contributed by atoms with E-state index in [0.29, 0.717) is 9.14 Å². The average molecular weight is 275 g/mol. The van der Waals surface area contributed by atoms with E-state index in [1.807, 2.05) is 0 Å². The maximum absolute atomic E-state index is 11.9. The van der Waals surface area contributed by atoms with Gasteiger partial charge in [0.05, 0.1) is 4.24 Å². The zero-order valence-corrected chi connectivity index (χ0v) is 11.4. The fourth-order valence-electron chi connectivity index (χ4n) is 1.57. The zero-order chi connectivity index (χ0) is 13.2. The third kappa shape index (κ3) is 2.66. The summed E-state index contributed by atoms with van der Waals surface area (Å²) in [7, 11) is 0. The van der Waals surface area contributed by atoms with Crippen molar-refractivity contribution in [3.05, 3.63) is 9.81 Å². The molecule has 0 bridgehead atoms. The summed E-state index contributed by atoms with van der Waals surface area (Å²) >= 11 is 2.56. The molecule has 94 valence electrons. The van der Waals surface area contributed by atoms with E-state index in [9.17, 15) is 14.4 Å². The number of carbonyl (C=O) groups is 3. The molecule has 1 N–H and O–H groups in total. The van der Waals surface area contributed by atoms with Gasteiger partial charge in [0, 0.05) is 12.5 Å². The highest BCUT2D eigenvalue weighted by Gasteiger charge is 2.39. The number of nitrogens with zero attached hydrogens (tertiary/aromatic N) is 1. The molecule has 1 heterocycles. The predicted octanol–water partition coefficient (Wildman–Crippen LogP) is 1.65. The Morgan fingerprint density at radius 3 is 2.29 bits per heavy atom. The fraction of sp³-hybridized carbons (Fsp3) is 0.500. The van der Waals surface area contributed by atoms with Crippen LogP contribution in [0, 0.1) is 5.92 Å². The first-order chi connectivity index (χ1) is 7.93. The molecule has 7 heteroatoms. The third-order valence-corrected chi connectivity index (χ3v) is 4.57. The summed E-state index contributed by atoms with van der Waals surface area (Å²) in [6.07, 6.45) is 2.20. The van der Waals surface area contributed by atoms with Crippen LogP contribution in [0.5, 0.6) is 0 Å². The van der Waals surface area contributed by atoms with Crippen molar-refractivity contribution < 1.29 is 19.5 Å². The topological polar surface area (TPSA) is 74.7 Å². The Kier molecular flexibility index (Phi) is 4.64. The average Bonchev–Trinajstić information content (AvgIpc) is 2.28. The molecule has 0 aliphatic carbocycles. The van der Waals surface area contributed by atoms with Crippen LogP contribution in [0.3, 0.4) is 0 Å². The Balaban J connectivity index is 3.25. The number of imide groups is 1. The van der Waals surface area contributed by atoms with Gasteiger partial charge in [-0.25, -0.2) is 9.69 Å². The number of likely N-dealkylation sites (tertiary alicyclic amines) is 1. The monoisotopic (exact) mass is 275 g/mol. The molecule has 1 unspecified atom stereocenters. The summed E-state index contributed by atoms with van der Waals surface area (Å²) in [5.41, 5.74) is 0.00569. The Morgan fingerprint density at radius 2 is 1.88 bits per heavy atom. The molecule has 0 spiro atoms. The maximum Gasteiger partial charge on any atom is 0.414 e. The first-order valence-corrected chi connectivity index (χ1v) is 7.30. The van der Waals surface area contributed by atoms with E-state index in [1.54, 1.807) is 19.4 Å². The second-order valence-electron chi connectivity index (χ2n) is 3.53. The van der Waals surface area contributed by atoms with Crippen molar-refractivity contribution in [1.82, 2.24) is 4.90 Å². The predicted molar refractivity (Wildman–Crippen MR) is 68.0 cm³/mol. The molecule has 1 aliphatic heterocycles. The lowest BCUT2D eigenvalue weighted by Gasteiger charge is -2.28. The van der Waals surface area contributed by atoms with Crippen molar-refractivity contribution in [3.8, 4) is 0 Å². The molecule has 1 rings (SSSR count). The van der Waals surface area contributed by atoms with Gasteiger partial charge in [-0.3, -0.25) is 9.59 Å². The second kappa shape index (κ2) is 5.59. The molecule has 2 amide bonds. The van der Waals surface area contributed by atoms with Gasteiger partial charge in [0.1, 0.15) is 5.57 Å². The van der Waals surface area contributed by atoms with Gasteiger partial charge in [-0.1, -0.05) is 6.92 Å². The number of hydrogen-bond acceptors (Lipinski definition) is 5. The Hall–Kier alpha value is -0.950. The fourth-order valence-corrected chi connectivity index (χ4v) is 3.02. The second-order valence-corrected chi connectivity index (χ2v) is 5.43. The lowest BCUT2D eigenvalue weighted by atomic mass is 9.94. The van der Waals surface area contributed by atoms with Crippen LogP contribution in [-0.2, 0) is 9.59 Å². The number of ketones is 1. The SMILES string of the molecule is CSC(SC)=C1C(=O)C(C)CN(C(=O)O)C1=O. The van der Waals surface area contributed by atoms with E-state index in [1.165, 1.54) is 23.5 Å². The molecule has 0 saturated carbocycles. The number of rotatable bonds is 2. The number of Topliss-reactive ketones (excluding diaryl/α,β-unsaturated/α-hetero) is 1. The largest absolute Gasteiger partial charge is 0.465 e. The van der Waals surface area contributed by atoms with Gasteiger partial charge in [-0.05, 0) is 12.5 Å². The maximum atomic E-state index is 11.9. The van der Waals surface area contributed by atoms with Crippen LogP contribution < -0.4 is 0 Å². The molecular formula is C10H13NO4S2. The van der Waals surface area contributed by atoms with Gasteiger partial charge in [0.25, 0.3) is 5.91 Å². The minimum atomic E-state index is -1.31. The van der Waals surface area contributed by atoms with Gasteiger partial charge < -0.3 is 5.11 Å². The number of amides is 2. The van der Waals surface area contributed by atoms with Crippen LogP contribution in [0.15, 0.2) is 9.81 Å². The number of carboxylic acid groups (broad SMARTS) is 1. The normalized spacial score (nSPS) is 20.8. The van der Waals surface area contributed by atoms with E-state index in [-0.39, 0.29) is 17.9 Å². The van der Waals surface area contributed by atoms with Gasteiger partial charge in [-0.2, -0.15) is 0 Å². The Labute approximate surface area is 108 Å². The van der Waals surface area contributed by atoms with Crippen LogP contribution in [-0.4, -0.2) is 46.8 Å². The van der Waals surface area contributed by atoms with Crippen molar-refractivity contribution in [1.29, 1.82) is 0 Å². The summed E-state index contributed by atoms with van der Waals surface area (Å²) in [5, 5.41) is 8.92. The van der Waals surface area contributed by atoms with E-state index in [2.05, 4.69) is 0 Å². The van der Waals surface area contributed by atoms with Crippen molar-refractivity contribution >= 4 is 41.3 Å². The zero-order valence-electron chi connectivity index (χ0n) is 9.72. The molecule has 1 aliphatic rings. The smallest absolute Gasteiger partial charge is 0.414 e. The van der Waals surface area contributed by atoms with Gasteiger partial charge in [-0.15, -0.1) is 23.5 Å². The minimum absolute atomic E-state index is 0.00569. The van der Waals surface area contributed by atoms with Gasteiger partial charge in [0.15, 0.2) is 5.78 Å². The van der Waals surface area contributed by atoms with E-state index in [4.69, 9.17) is 5.11 Å². The molecule has 1 saturated heterocycles. The molecule has 5 nitrogen and oxygen atoms in total. The van der Waals surface area contributed by atoms with Gasteiger partial charge in [0.2, 0.25) is 0 Å². The third-order valence-electron chi connectivity index (χ3n) is 2.42. The van der Waals surface area contributed by atoms with Crippen LogP contribution >= 0.6 is 23.5 Å². The minimum Gasteiger partial charge on any atom is -0.465 e. The quantitative estimate of drug-likeness (QED) is 0.610. The van der Waals surface area contributed by atoms with Crippen molar-refractivity contribution in [2.24, 2.45) is 5.92 Å². The number of piperidine rings is 1. The van der Waals surface area contributed by atoms with E-state index >= 15 is 0 Å². The van der Waals surface area contributed by atoms with Crippen LogP contribution in [0.1, 0.15) is 6.92 Å². The van der Waals surface area contributed by atoms with Crippen LogP contribution in [0.4, 0.5) is 4.79 Å². The molecule has 17 heavy (non-hydrogen) atoms. The number of thioether (sulfide) groups is 2. The van der Waals surface area contributed by atoms with Gasteiger partial charge >= 0.3 is 6.09 Å². The molecule has 0 aromatic rings. The number of carbonyl (C=O) groups excluding carboxylic acids is 2. The highest BCUT2D eigenvalue weighted by molar-refractivity contribution is 8.21. The summed E-state index contributed by atoms with van der Waals surface area (Å²) in [6, 6.07) is 0.